The summed E-state index contributed by atoms with van der Waals surface area (Å²) < 4.78 is 0. The summed E-state index contributed by atoms with van der Waals surface area (Å²) in [6.07, 6.45) is 1.02. The van der Waals surface area contributed by atoms with Crippen LogP contribution in [0.25, 0.3) is 0 Å². The molecule has 0 radical (unpaired) electrons. The van der Waals surface area contributed by atoms with Gasteiger partial charge in [-0.2, -0.15) is 0 Å². The third-order valence-corrected chi connectivity index (χ3v) is 3.02. The molecule has 0 saturated carbocycles. The molecule has 1 aromatic carbocycles. The van der Waals surface area contributed by atoms with Gasteiger partial charge in [-0.15, -0.1) is 0 Å². The minimum Gasteiger partial charge on any atom is -0.480 e. The Labute approximate surface area is 114 Å². The third kappa shape index (κ3) is 4.73. The molecule has 0 atom stereocenters. The van der Waals surface area contributed by atoms with Gasteiger partial charge in [-0.3, -0.25) is 9.59 Å². The van der Waals surface area contributed by atoms with Crippen molar-refractivity contribution in [1.29, 1.82) is 0 Å². The molecule has 0 aromatic heterocycles. The van der Waals surface area contributed by atoms with Crippen LogP contribution in [0.2, 0.25) is 0 Å². The number of hydrogen-bond donors (Lipinski definition) is 1. The molecule has 104 valence electrons. The van der Waals surface area contributed by atoms with Crippen LogP contribution in [0, 0.1) is 13.8 Å². The second-order valence-corrected chi connectivity index (χ2v) is 4.82. The summed E-state index contributed by atoms with van der Waals surface area (Å²) in [7, 11) is 0. The van der Waals surface area contributed by atoms with Crippen molar-refractivity contribution in [2.75, 3.05) is 13.1 Å². The smallest absolute Gasteiger partial charge is 0.323 e. The van der Waals surface area contributed by atoms with E-state index < -0.39 is 5.97 Å². The van der Waals surface area contributed by atoms with Crippen LogP contribution in [-0.2, 0) is 16.0 Å². The molecule has 0 aliphatic heterocycles. The van der Waals surface area contributed by atoms with Crippen molar-refractivity contribution in [1.82, 2.24) is 4.90 Å². The number of benzene rings is 1. The Kier molecular flexibility index (Phi) is 5.55. The molecule has 0 aliphatic carbocycles. The molecule has 0 bridgehead atoms. The zero-order chi connectivity index (χ0) is 14.4. The van der Waals surface area contributed by atoms with Crippen molar-refractivity contribution in [3.05, 3.63) is 34.9 Å². The molecule has 4 nitrogen and oxygen atoms in total. The summed E-state index contributed by atoms with van der Waals surface area (Å²) in [4.78, 5) is 24.3. The van der Waals surface area contributed by atoms with Crippen LogP contribution in [0.4, 0.5) is 0 Å². The molecular formula is C15H21NO3. The number of carboxylic acid groups (broad SMARTS) is 1. The van der Waals surface area contributed by atoms with E-state index in [0.29, 0.717) is 6.54 Å². The molecule has 0 unspecified atom stereocenters. The van der Waals surface area contributed by atoms with Crippen LogP contribution in [0.1, 0.15) is 30.0 Å². The van der Waals surface area contributed by atoms with Crippen LogP contribution in [-0.4, -0.2) is 35.0 Å². The summed E-state index contributed by atoms with van der Waals surface area (Å²) in [6, 6.07) is 5.97. The standard InChI is InChI=1S/C15H21NO3/c1-4-7-16(10-15(18)19)14(17)9-13-8-11(2)5-6-12(13)3/h5-6,8H,4,7,9-10H2,1-3H3,(H,18,19). The maximum atomic E-state index is 12.2. The van der Waals surface area contributed by atoms with Gasteiger partial charge in [0.1, 0.15) is 6.54 Å². The van der Waals surface area contributed by atoms with E-state index in [-0.39, 0.29) is 18.9 Å². The average molecular weight is 263 g/mol. The van der Waals surface area contributed by atoms with E-state index in [1.54, 1.807) is 0 Å². The van der Waals surface area contributed by atoms with Gasteiger partial charge in [0.15, 0.2) is 0 Å². The topological polar surface area (TPSA) is 57.6 Å². The highest BCUT2D eigenvalue weighted by Gasteiger charge is 2.17. The summed E-state index contributed by atoms with van der Waals surface area (Å²) in [5.74, 6) is -1.10. The van der Waals surface area contributed by atoms with E-state index in [2.05, 4.69) is 0 Å². The quantitative estimate of drug-likeness (QED) is 0.855. The van der Waals surface area contributed by atoms with Gasteiger partial charge in [0.25, 0.3) is 0 Å². The van der Waals surface area contributed by atoms with Crippen LogP contribution in [0.3, 0.4) is 0 Å². The van der Waals surface area contributed by atoms with E-state index in [1.807, 2.05) is 39.0 Å². The van der Waals surface area contributed by atoms with E-state index in [9.17, 15) is 9.59 Å². The normalized spacial score (nSPS) is 10.3. The Morgan fingerprint density at radius 2 is 1.95 bits per heavy atom. The first-order valence-corrected chi connectivity index (χ1v) is 6.49. The van der Waals surface area contributed by atoms with E-state index >= 15 is 0 Å². The lowest BCUT2D eigenvalue weighted by Gasteiger charge is -2.20. The summed E-state index contributed by atoms with van der Waals surface area (Å²) in [5.41, 5.74) is 3.14. The molecule has 19 heavy (non-hydrogen) atoms. The fraction of sp³-hybridized carbons (Fsp3) is 0.467. The van der Waals surface area contributed by atoms with Gasteiger partial charge in [-0.05, 0) is 31.4 Å². The van der Waals surface area contributed by atoms with Gasteiger partial charge in [0, 0.05) is 6.54 Å². The first-order chi connectivity index (χ1) is 8.93. The number of carbonyl (C=O) groups is 2. The first kappa shape index (κ1) is 15.2. The molecule has 0 aliphatic rings. The lowest BCUT2D eigenvalue weighted by molar-refractivity contribution is -0.144. The minimum atomic E-state index is -0.970. The second kappa shape index (κ2) is 6.92. The van der Waals surface area contributed by atoms with Gasteiger partial charge in [-0.1, -0.05) is 30.7 Å². The van der Waals surface area contributed by atoms with E-state index in [4.69, 9.17) is 5.11 Å². The molecule has 0 saturated heterocycles. The fourth-order valence-electron chi connectivity index (χ4n) is 1.99. The maximum Gasteiger partial charge on any atom is 0.323 e. The summed E-state index contributed by atoms with van der Waals surface area (Å²) in [5, 5.41) is 8.83. The van der Waals surface area contributed by atoms with Gasteiger partial charge in [-0.25, -0.2) is 0 Å². The van der Waals surface area contributed by atoms with Gasteiger partial charge in [0.05, 0.1) is 6.42 Å². The Balaban J connectivity index is 2.80. The number of carboxylic acids is 1. The Bertz CT molecular complexity index is 468. The number of rotatable bonds is 6. The van der Waals surface area contributed by atoms with E-state index in [1.165, 1.54) is 4.90 Å². The first-order valence-electron chi connectivity index (χ1n) is 6.49. The molecule has 0 spiro atoms. The maximum absolute atomic E-state index is 12.2. The Morgan fingerprint density at radius 1 is 1.26 bits per heavy atom. The van der Waals surface area contributed by atoms with Crippen molar-refractivity contribution in [2.45, 2.75) is 33.6 Å². The predicted octanol–water partition coefficient (Wildman–Crippen LogP) is 2.17. The number of amides is 1. The number of nitrogens with zero attached hydrogens (tertiary/aromatic N) is 1. The lowest BCUT2D eigenvalue weighted by atomic mass is 10.0. The van der Waals surface area contributed by atoms with Crippen molar-refractivity contribution >= 4 is 11.9 Å². The highest BCUT2D eigenvalue weighted by molar-refractivity contribution is 5.83. The zero-order valence-electron chi connectivity index (χ0n) is 11.8. The molecule has 0 heterocycles. The Morgan fingerprint density at radius 3 is 2.53 bits per heavy atom. The van der Waals surface area contributed by atoms with Crippen molar-refractivity contribution < 1.29 is 14.7 Å². The second-order valence-electron chi connectivity index (χ2n) is 4.82. The van der Waals surface area contributed by atoms with Crippen LogP contribution in [0.15, 0.2) is 18.2 Å². The molecular weight excluding hydrogens is 242 g/mol. The van der Waals surface area contributed by atoms with Crippen LogP contribution in [0.5, 0.6) is 0 Å². The molecule has 1 rings (SSSR count). The van der Waals surface area contributed by atoms with Crippen LogP contribution < -0.4 is 0 Å². The highest BCUT2D eigenvalue weighted by atomic mass is 16.4. The van der Waals surface area contributed by atoms with Crippen molar-refractivity contribution in [3.63, 3.8) is 0 Å². The molecule has 1 aromatic rings. The lowest BCUT2D eigenvalue weighted by Crippen LogP contribution is -2.37. The predicted molar refractivity (Wildman–Crippen MR) is 74.1 cm³/mol. The van der Waals surface area contributed by atoms with Crippen molar-refractivity contribution in [2.24, 2.45) is 0 Å². The Hall–Kier alpha value is -1.84. The minimum absolute atomic E-state index is 0.127. The highest BCUT2D eigenvalue weighted by Crippen LogP contribution is 2.12. The number of aliphatic carboxylic acids is 1. The largest absolute Gasteiger partial charge is 0.480 e. The molecule has 1 amide bonds. The summed E-state index contributed by atoms with van der Waals surface area (Å²) >= 11 is 0. The molecule has 0 fully saturated rings. The van der Waals surface area contributed by atoms with Gasteiger partial charge in [0.2, 0.25) is 5.91 Å². The molecule has 1 N–H and O–H groups in total. The fourth-order valence-corrected chi connectivity index (χ4v) is 1.99. The number of hydrogen-bond acceptors (Lipinski definition) is 2. The monoisotopic (exact) mass is 263 g/mol. The molecule has 4 heteroatoms. The summed E-state index contributed by atoms with van der Waals surface area (Å²) in [6.45, 7) is 6.13. The third-order valence-electron chi connectivity index (χ3n) is 3.02. The average Bonchev–Trinajstić information content (AvgIpc) is 2.32. The SMILES string of the molecule is CCCN(CC(=O)O)C(=O)Cc1cc(C)ccc1C. The number of aryl methyl sites for hydroxylation is 2. The van der Waals surface area contributed by atoms with E-state index in [0.717, 1.165) is 23.1 Å². The van der Waals surface area contributed by atoms with Crippen LogP contribution >= 0.6 is 0 Å². The van der Waals surface area contributed by atoms with Gasteiger partial charge < -0.3 is 10.0 Å². The zero-order valence-corrected chi connectivity index (χ0v) is 11.8. The number of carbonyl (C=O) groups excluding carboxylic acids is 1. The van der Waals surface area contributed by atoms with Gasteiger partial charge >= 0.3 is 5.97 Å². The van der Waals surface area contributed by atoms with Crippen molar-refractivity contribution in [3.8, 4) is 0 Å².